The Bertz CT molecular complexity index is 500. The van der Waals surface area contributed by atoms with Gasteiger partial charge in [0.25, 0.3) is 0 Å². The molecule has 2 N–H and O–H groups in total. The minimum atomic E-state index is -0.724. The Morgan fingerprint density at radius 3 is 2.15 bits per heavy atom. The van der Waals surface area contributed by atoms with E-state index < -0.39 is 17.9 Å². The van der Waals surface area contributed by atoms with Gasteiger partial charge in [-0.15, -0.1) is 17.7 Å². The van der Waals surface area contributed by atoms with Crippen molar-refractivity contribution in [2.75, 3.05) is 7.11 Å². The smallest absolute Gasteiger partial charge is 0.248 e. The summed E-state index contributed by atoms with van der Waals surface area (Å²) in [4.78, 5) is 34.6. The average Bonchev–Trinajstić information content (AvgIpc) is 2.68. The summed E-state index contributed by atoms with van der Waals surface area (Å²) in [6.07, 6.45) is 6.22. The summed E-state index contributed by atoms with van der Waals surface area (Å²) in [6.45, 7) is 17.3. The van der Waals surface area contributed by atoms with Crippen molar-refractivity contribution in [3.8, 4) is 0 Å². The number of allylic oxidation sites excluding steroid dienone is 2. The van der Waals surface area contributed by atoms with Gasteiger partial charge < -0.3 is 14.8 Å². The Morgan fingerprint density at radius 1 is 1.22 bits per heavy atom. The van der Waals surface area contributed by atoms with Gasteiger partial charge in [0.2, 0.25) is 11.8 Å². The first-order valence-electron chi connectivity index (χ1n) is 9.11. The molecule has 0 aromatic heterocycles. The fourth-order valence-electron chi connectivity index (χ4n) is 1.62. The molecule has 156 valence electrons. The molecule has 1 fully saturated rings. The van der Waals surface area contributed by atoms with Gasteiger partial charge in [-0.3, -0.25) is 14.9 Å². The van der Waals surface area contributed by atoms with Crippen molar-refractivity contribution < 1.29 is 40.2 Å². The van der Waals surface area contributed by atoms with E-state index in [4.69, 9.17) is 4.74 Å². The molecule has 0 aromatic rings. The van der Waals surface area contributed by atoms with E-state index in [1.54, 1.807) is 13.0 Å². The predicted molar refractivity (Wildman–Crippen MR) is 106 cm³/mol. The van der Waals surface area contributed by atoms with Crippen LogP contribution in [0.1, 0.15) is 61.3 Å². The van der Waals surface area contributed by atoms with Crippen molar-refractivity contribution in [2.45, 2.75) is 67.3 Å². The number of carbonyl (C=O) groups excluding carboxylic acids is 3. The Balaban J connectivity index is -0.000000342. The number of amides is 3. The molecule has 0 bridgehead atoms. The molecule has 6 nitrogen and oxygen atoms in total. The fourth-order valence-corrected chi connectivity index (χ4v) is 1.62. The molecule has 1 heterocycles. The van der Waals surface area contributed by atoms with Crippen LogP contribution in [0.15, 0.2) is 30.1 Å². The van der Waals surface area contributed by atoms with Crippen LogP contribution in [-0.4, -0.2) is 30.9 Å². The maximum Gasteiger partial charge on any atom is 0.248 e. The number of carbonyl (C=O) groups is 3. The topological polar surface area (TPSA) is 84.5 Å². The summed E-state index contributed by atoms with van der Waals surface area (Å²) in [5.74, 6) is -1.01. The second kappa shape index (κ2) is 22.4. The molecule has 1 unspecified atom stereocenters. The number of piperidine rings is 1. The van der Waals surface area contributed by atoms with E-state index >= 15 is 0 Å². The van der Waals surface area contributed by atoms with Crippen molar-refractivity contribution >= 4 is 17.7 Å². The molecule has 1 rings (SSSR count). The van der Waals surface area contributed by atoms with Crippen LogP contribution in [0.3, 0.4) is 0 Å². The van der Waals surface area contributed by atoms with Gasteiger partial charge >= 0.3 is 0 Å². The molecule has 7 heteroatoms. The molecule has 0 aromatic carbocycles. The molecule has 0 radical (unpaired) electrons. The molecule has 0 aliphatic carbocycles. The van der Waals surface area contributed by atoms with E-state index in [9.17, 15) is 14.4 Å². The summed E-state index contributed by atoms with van der Waals surface area (Å²) in [5.41, 5.74) is 0.198. The summed E-state index contributed by atoms with van der Waals surface area (Å²) in [5, 5.41) is 4.73. The maximum absolute atomic E-state index is 12.1. The number of hydrogen-bond donors (Lipinski definition) is 2. The Hall–Kier alpha value is -1.68. The summed E-state index contributed by atoms with van der Waals surface area (Å²) in [6, 6.07) is -0.724. The molecule has 0 spiro atoms. The molecular weight excluding hydrogens is 516 g/mol. The van der Waals surface area contributed by atoms with Crippen molar-refractivity contribution in [1.82, 2.24) is 10.6 Å². The van der Waals surface area contributed by atoms with Gasteiger partial charge in [0, 0.05) is 27.5 Å². The van der Waals surface area contributed by atoms with Crippen LogP contribution >= 0.6 is 0 Å². The van der Waals surface area contributed by atoms with E-state index in [1.165, 1.54) is 13.2 Å². The van der Waals surface area contributed by atoms with Gasteiger partial charge in [0.15, 0.2) is 0 Å². The molecule has 0 saturated carbocycles. The van der Waals surface area contributed by atoms with Gasteiger partial charge in [-0.25, -0.2) is 0 Å². The molecule has 1 aliphatic rings. The number of hydrogen-bond acceptors (Lipinski definition) is 4. The van der Waals surface area contributed by atoms with Crippen LogP contribution in [0, 0.1) is 6.08 Å². The number of ether oxygens (including phenoxy) is 1. The Kier molecular flexibility index (Phi) is 27.3. The largest absolute Gasteiger partial charge is 0.510 e. The molecule has 1 atom stereocenters. The second-order valence-electron chi connectivity index (χ2n) is 4.14. The van der Waals surface area contributed by atoms with Crippen LogP contribution in [0.25, 0.3) is 0 Å². The maximum atomic E-state index is 12.1. The average molecular weight is 551 g/mol. The van der Waals surface area contributed by atoms with Gasteiger partial charge in [-0.2, -0.15) is 6.08 Å². The molecular formula is C20H35N2O4W-. The zero-order chi connectivity index (χ0) is 21.1. The molecule has 1 aliphatic heterocycles. The number of imide groups is 1. The number of rotatable bonds is 5. The summed E-state index contributed by atoms with van der Waals surface area (Å²) >= 11 is 0. The minimum Gasteiger partial charge on any atom is -0.510 e. The number of nitrogens with one attached hydrogen (secondary N) is 2. The van der Waals surface area contributed by atoms with Crippen LogP contribution in [0.4, 0.5) is 0 Å². The van der Waals surface area contributed by atoms with Crippen molar-refractivity contribution in [3.05, 3.63) is 36.1 Å². The van der Waals surface area contributed by atoms with E-state index in [0.29, 0.717) is 5.76 Å². The van der Waals surface area contributed by atoms with Gasteiger partial charge in [0.05, 0.1) is 18.9 Å². The van der Waals surface area contributed by atoms with Gasteiger partial charge in [0.1, 0.15) is 5.91 Å². The van der Waals surface area contributed by atoms with Crippen LogP contribution in [0.2, 0.25) is 0 Å². The van der Waals surface area contributed by atoms with Crippen LogP contribution in [0.5, 0.6) is 0 Å². The summed E-state index contributed by atoms with van der Waals surface area (Å²) in [7, 11) is 1.43. The van der Waals surface area contributed by atoms with E-state index in [0.717, 1.165) is 0 Å². The first-order valence-corrected chi connectivity index (χ1v) is 9.11. The zero-order valence-corrected chi connectivity index (χ0v) is 20.8. The molecule has 27 heavy (non-hydrogen) atoms. The second-order valence-corrected chi connectivity index (χ2v) is 4.14. The van der Waals surface area contributed by atoms with E-state index in [-0.39, 0.29) is 45.4 Å². The molecule has 3 amide bonds. The zero-order valence-electron chi connectivity index (χ0n) is 17.9. The third-order valence-corrected chi connectivity index (χ3v) is 2.66. The standard InChI is InChI=1S/C14H17N2O4.3C2H6.W/c1-4-5-10(8-9(2)20-3)13(18)15-11-6-7-12(17)16-14(11)19;3*1-2;/h4,8,11H,2,6-7H2,1,3H3,(H,15,18)(H,16,17,19);3*1-2H3;/q-1;;;;/b10-8+;;;;. The first kappa shape index (κ1) is 32.9. The summed E-state index contributed by atoms with van der Waals surface area (Å²) < 4.78 is 4.87. The minimum absolute atomic E-state index is 0. The third kappa shape index (κ3) is 15.1. The Labute approximate surface area is 179 Å². The van der Waals surface area contributed by atoms with Crippen molar-refractivity contribution in [3.63, 3.8) is 0 Å². The fraction of sp³-hybridized carbons (Fsp3) is 0.550. The quantitative estimate of drug-likeness (QED) is 0.180. The monoisotopic (exact) mass is 551 g/mol. The van der Waals surface area contributed by atoms with Crippen molar-refractivity contribution in [1.29, 1.82) is 0 Å². The number of methoxy groups -OCH3 is 1. The first-order chi connectivity index (χ1) is 12.5. The van der Waals surface area contributed by atoms with Gasteiger partial charge in [-0.05, 0) is 6.42 Å². The van der Waals surface area contributed by atoms with Crippen LogP contribution in [-0.2, 0) is 40.2 Å². The Morgan fingerprint density at radius 2 is 1.74 bits per heavy atom. The van der Waals surface area contributed by atoms with Crippen molar-refractivity contribution in [2.24, 2.45) is 0 Å². The van der Waals surface area contributed by atoms with Crippen LogP contribution < -0.4 is 10.6 Å². The normalized spacial score (nSPS) is 15.3. The molecule has 1 saturated heterocycles. The van der Waals surface area contributed by atoms with Gasteiger partial charge in [-0.1, -0.05) is 55.0 Å². The third-order valence-electron chi connectivity index (χ3n) is 2.66. The predicted octanol–water partition coefficient (Wildman–Crippen LogP) is 3.45. The van der Waals surface area contributed by atoms with E-state index in [1.807, 2.05) is 41.5 Å². The van der Waals surface area contributed by atoms with E-state index in [2.05, 4.69) is 23.3 Å². The SMILES string of the molecule is C=C(/C=C(\[C-]=CC)C(=O)NC1CCC(=O)NC1=O)OC.CC.CC.CC.[W].